The van der Waals surface area contributed by atoms with Crippen LogP contribution in [-0.4, -0.2) is 120 Å². The van der Waals surface area contributed by atoms with Crippen LogP contribution in [0.5, 0.6) is 0 Å². The second kappa shape index (κ2) is 19.3. The van der Waals surface area contributed by atoms with Crippen molar-refractivity contribution in [1.29, 1.82) is 0 Å². The molecule has 57 heavy (non-hydrogen) atoms. The third kappa shape index (κ3) is 12.2. The van der Waals surface area contributed by atoms with E-state index >= 15 is 0 Å². The summed E-state index contributed by atoms with van der Waals surface area (Å²) in [6, 6.07) is 12.0. The summed E-state index contributed by atoms with van der Waals surface area (Å²) < 4.78 is 54.5. The Morgan fingerprint density at radius 3 is 2.14 bits per heavy atom. The number of thioether (sulfide) groups is 1. The van der Waals surface area contributed by atoms with Crippen LogP contribution in [0.25, 0.3) is 22.5 Å². The molecule has 0 saturated heterocycles. The molecule has 5 rings (SSSR count). The molecule has 0 atom stereocenters. The minimum atomic E-state index is -3.80. The predicted octanol–water partition coefficient (Wildman–Crippen LogP) is 6.87. The van der Waals surface area contributed by atoms with Crippen LogP contribution in [-0.2, 0) is 33.8 Å². The molecule has 0 bridgehead atoms. The number of benzene rings is 1. The van der Waals surface area contributed by atoms with Gasteiger partial charge in [0, 0.05) is 59.7 Å². The van der Waals surface area contributed by atoms with Gasteiger partial charge in [-0.25, -0.2) is 18.1 Å². The number of ether oxygens (including phenoxy) is 4. The number of nitrogens with zero attached hydrogens (tertiary/aromatic N) is 6. The van der Waals surface area contributed by atoms with E-state index in [2.05, 4.69) is 54.0 Å². The molecule has 18 heteroatoms. The summed E-state index contributed by atoms with van der Waals surface area (Å²) in [5.41, 5.74) is 2.86. The third-order valence-electron chi connectivity index (χ3n) is 10.0. The van der Waals surface area contributed by atoms with E-state index in [0.29, 0.717) is 58.0 Å². The summed E-state index contributed by atoms with van der Waals surface area (Å²) in [6.07, 6.45) is 10.4. The van der Waals surface area contributed by atoms with Crippen LogP contribution in [0.1, 0.15) is 37.3 Å². The Bertz CT molecular complexity index is 2020. The molecule has 0 unspecified atom stereocenters. The zero-order chi connectivity index (χ0) is 41.4. The predicted molar refractivity (Wildman–Crippen MR) is 233 cm³/mol. The van der Waals surface area contributed by atoms with E-state index in [4.69, 9.17) is 29.0 Å². The first-order valence-electron chi connectivity index (χ1n) is 19.6. The standard InChI is InChI=1S/C39H61N7O7S2Si2/c1-50-19-20-53-39(38(47)43-55(3,48)49)17-15-30(16-18-39)34-35(54-2)37(44(28-51-21-23-56(4,5)6)29-52-22-24-57(7,8)9)46-36(42-34)33(26-41-46)31-25-40-45(27-31)32-13-11-10-12-14-32/h10-14,25-27,30H,15-24,28-29H2,1-9H3,(H,43,47). The molecule has 1 aromatic carbocycles. The lowest BCUT2D eigenvalue weighted by molar-refractivity contribution is -0.152. The minimum Gasteiger partial charge on any atom is -0.382 e. The van der Waals surface area contributed by atoms with Crippen LogP contribution in [0.15, 0.2) is 53.8 Å². The third-order valence-corrected chi connectivity index (χ3v) is 14.8. The molecule has 0 radical (unpaired) electrons. The minimum absolute atomic E-state index is 0.0707. The molecule has 1 N–H and O–H groups in total. The molecule has 1 aliphatic carbocycles. The van der Waals surface area contributed by atoms with Crippen molar-refractivity contribution in [3.63, 3.8) is 0 Å². The maximum absolute atomic E-state index is 13.5. The van der Waals surface area contributed by atoms with Crippen LogP contribution in [0.3, 0.4) is 0 Å². The summed E-state index contributed by atoms with van der Waals surface area (Å²) >= 11 is 1.60. The van der Waals surface area contributed by atoms with Gasteiger partial charge >= 0.3 is 0 Å². The van der Waals surface area contributed by atoms with Crippen molar-refractivity contribution < 1.29 is 32.2 Å². The SMILES string of the molecule is COCCOC1(C(=O)NS(C)(=O)=O)CCC(c2nc3c(-c4cnn(-c5ccccc5)c4)cnn3c(N(COCC[Si](C)(C)C)COCC[Si](C)(C)C)c2SC)CC1. The van der Waals surface area contributed by atoms with Crippen molar-refractivity contribution in [3.05, 3.63) is 54.6 Å². The maximum atomic E-state index is 13.5. The van der Waals surface area contributed by atoms with Gasteiger partial charge in [-0.15, -0.1) is 11.8 Å². The Morgan fingerprint density at radius 1 is 0.947 bits per heavy atom. The van der Waals surface area contributed by atoms with Crippen molar-refractivity contribution in [2.24, 2.45) is 0 Å². The number of methoxy groups -OCH3 is 1. The van der Waals surface area contributed by atoms with Gasteiger partial charge in [-0.05, 0) is 56.2 Å². The Balaban J connectivity index is 1.60. The van der Waals surface area contributed by atoms with Crippen LogP contribution in [0.4, 0.5) is 5.82 Å². The van der Waals surface area contributed by atoms with Crippen molar-refractivity contribution in [2.45, 2.75) is 93.5 Å². The van der Waals surface area contributed by atoms with Gasteiger partial charge in [0.2, 0.25) is 10.0 Å². The van der Waals surface area contributed by atoms with Gasteiger partial charge in [0.15, 0.2) is 11.5 Å². The fraction of sp³-hybridized carbons (Fsp3) is 0.590. The fourth-order valence-corrected chi connectivity index (χ4v) is 9.62. The molecule has 1 saturated carbocycles. The van der Waals surface area contributed by atoms with Gasteiger partial charge in [-0.1, -0.05) is 57.5 Å². The molecule has 3 heterocycles. The first-order valence-corrected chi connectivity index (χ1v) is 30.1. The summed E-state index contributed by atoms with van der Waals surface area (Å²) in [6.45, 7) is 16.4. The number of para-hydroxylation sites is 1. The summed E-state index contributed by atoms with van der Waals surface area (Å²) in [7, 11) is -4.93. The van der Waals surface area contributed by atoms with Gasteiger partial charge in [0.05, 0.1) is 48.1 Å². The number of amides is 1. The molecular weight excluding hydrogens is 799 g/mol. The first-order chi connectivity index (χ1) is 26.9. The molecule has 0 spiro atoms. The van der Waals surface area contributed by atoms with Gasteiger partial charge in [-0.2, -0.15) is 14.7 Å². The summed E-state index contributed by atoms with van der Waals surface area (Å²) in [5.74, 6) is 0.103. The van der Waals surface area contributed by atoms with Crippen molar-refractivity contribution in [2.75, 3.05) is 64.4 Å². The number of hydrogen-bond donors (Lipinski definition) is 1. The fourth-order valence-electron chi connectivity index (χ4n) is 6.76. The average Bonchev–Trinajstić information content (AvgIpc) is 3.80. The van der Waals surface area contributed by atoms with E-state index in [1.165, 1.54) is 0 Å². The van der Waals surface area contributed by atoms with E-state index in [1.54, 1.807) is 18.9 Å². The molecule has 314 valence electrons. The largest absolute Gasteiger partial charge is 0.382 e. The molecule has 4 aromatic rings. The zero-order valence-electron chi connectivity index (χ0n) is 35.0. The van der Waals surface area contributed by atoms with Gasteiger partial charge in [0.25, 0.3) is 5.91 Å². The average molecular weight is 860 g/mol. The second-order valence-corrected chi connectivity index (χ2v) is 31.0. The van der Waals surface area contributed by atoms with Gasteiger partial charge in [-0.3, -0.25) is 9.52 Å². The van der Waals surface area contributed by atoms with Crippen LogP contribution in [0.2, 0.25) is 51.4 Å². The number of rotatable bonds is 21. The number of fused-ring (bicyclic) bond motifs is 1. The Hall–Kier alpha value is -3.11. The smallest absolute Gasteiger partial charge is 0.265 e. The quantitative estimate of drug-likeness (QED) is 0.0403. The van der Waals surface area contributed by atoms with Crippen LogP contribution in [0, 0.1) is 0 Å². The number of hydrogen-bond acceptors (Lipinski definition) is 12. The molecule has 1 fully saturated rings. The molecule has 3 aromatic heterocycles. The molecule has 0 aliphatic heterocycles. The Kier molecular flexibility index (Phi) is 15.2. The lowest BCUT2D eigenvalue weighted by Crippen LogP contribution is -2.52. The van der Waals surface area contributed by atoms with E-state index in [9.17, 15) is 13.2 Å². The highest BCUT2D eigenvalue weighted by molar-refractivity contribution is 7.98. The topological polar surface area (TPSA) is 151 Å². The van der Waals surface area contributed by atoms with E-state index < -0.39 is 37.7 Å². The number of sulfonamides is 1. The molecule has 14 nitrogen and oxygen atoms in total. The normalized spacial score (nSPS) is 17.9. The highest BCUT2D eigenvalue weighted by atomic mass is 32.2. The number of nitrogens with one attached hydrogen (secondary N) is 1. The van der Waals surface area contributed by atoms with Crippen molar-refractivity contribution in [1.82, 2.24) is 29.1 Å². The Morgan fingerprint density at radius 2 is 1.58 bits per heavy atom. The Labute approximate surface area is 344 Å². The summed E-state index contributed by atoms with van der Waals surface area (Å²) in [5, 5.41) is 9.65. The lowest BCUT2D eigenvalue weighted by atomic mass is 9.76. The lowest BCUT2D eigenvalue weighted by Gasteiger charge is -2.39. The van der Waals surface area contributed by atoms with Gasteiger partial charge < -0.3 is 23.8 Å². The van der Waals surface area contributed by atoms with E-state index in [1.807, 2.05) is 64.4 Å². The molecule has 1 aliphatic rings. The second-order valence-electron chi connectivity index (χ2n) is 17.2. The number of aromatic nitrogens is 5. The van der Waals surface area contributed by atoms with Crippen molar-refractivity contribution >= 4 is 55.3 Å². The number of carbonyl (C=O) groups excluding carboxylic acids is 1. The zero-order valence-corrected chi connectivity index (χ0v) is 38.7. The monoisotopic (exact) mass is 859 g/mol. The van der Waals surface area contributed by atoms with Crippen molar-refractivity contribution in [3.8, 4) is 16.8 Å². The highest BCUT2D eigenvalue weighted by Crippen LogP contribution is 2.45. The van der Waals surface area contributed by atoms with E-state index in [0.717, 1.165) is 51.6 Å². The van der Waals surface area contributed by atoms with Gasteiger partial charge in [0.1, 0.15) is 19.1 Å². The number of carbonyl (C=O) groups is 1. The van der Waals surface area contributed by atoms with Crippen LogP contribution < -0.4 is 9.62 Å². The highest BCUT2D eigenvalue weighted by Gasteiger charge is 2.45. The van der Waals surface area contributed by atoms with Crippen LogP contribution >= 0.6 is 11.8 Å². The molecular formula is C39H61N7O7S2Si2. The summed E-state index contributed by atoms with van der Waals surface area (Å²) in [4.78, 5) is 22.0. The first kappa shape index (κ1) is 45.0. The van der Waals surface area contributed by atoms with E-state index in [-0.39, 0.29) is 19.1 Å². The number of anilines is 1. The molecule has 1 amide bonds. The maximum Gasteiger partial charge on any atom is 0.265 e.